The van der Waals surface area contributed by atoms with Gasteiger partial charge in [0.15, 0.2) is 0 Å². The number of hydrogen-bond donors (Lipinski definition) is 0. The van der Waals surface area contributed by atoms with Crippen molar-refractivity contribution in [1.82, 2.24) is 0 Å². The maximum atomic E-state index is 12.1. The lowest BCUT2D eigenvalue weighted by atomic mass is 10.0. The van der Waals surface area contributed by atoms with Crippen molar-refractivity contribution in [2.24, 2.45) is 0 Å². The standard InChI is InChI=1S/C15H14BrF3O2/c1-20-14-7-6-11(10-4-2-3-5-12(10)14)13(16)8-21-9-15(17,18)19/h2-7,13H,8-9H2,1H3. The third kappa shape index (κ3) is 4.11. The summed E-state index contributed by atoms with van der Waals surface area (Å²) in [7, 11) is 1.58. The number of methoxy groups -OCH3 is 1. The molecule has 0 bridgehead atoms. The van der Waals surface area contributed by atoms with Crippen LogP contribution in [0.4, 0.5) is 13.2 Å². The van der Waals surface area contributed by atoms with Crippen LogP contribution < -0.4 is 4.74 Å². The van der Waals surface area contributed by atoms with Gasteiger partial charge in [-0.15, -0.1) is 0 Å². The molecule has 0 fully saturated rings. The second-order valence-electron chi connectivity index (χ2n) is 4.50. The molecule has 0 saturated heterocycles. The van der Waals surface area contributed by atoms with Gasteiger partial charge in [-0.05, 0) is 17.0 Å². The summed E-state index contributed by atoms with van der Waals surface area (Å²) in [5.74, 6) is 0.727. The Bertz CT molecular complexity index is 613. The summed E-state index contributed by atoms with van der Waals surface area (Å²) in [5, 5.41) is 1.84. The second-order valence-corrected chi connectivity index (χ2v) is 5.61. The number of ether oxygens (including phenoxy) is 2. The molecule has 0 aliphatic rings. The van der Waals surface area contributed by atoms with E-state index in [2.05, 4.69) is 15.9 Å². The Morgan fingerprint density at radius 1 is 1.10 bits per heavy atom. The zero-order valence-corrected chi connectivity index (χ0v) is 12.9. The molecule has 0 radical (unpaired) electrons. The second kappa shape index (κ2) is 6.66. The van der Waals surface area contributed by atoms with E-state index >= 15 is 0 Å². The first-order chi connectivity index (χ1) is 9.92. The lowest BCUT2D eigenvalue weighted by Crippen LogP contribution is -2.18. The predicted octanol–water partition coefficient (Wildman–Crippen LogP) is 4.86. The number of hydrogen-bond acceptors (Lipinski definition) is 2. The molecule has 0 aliphatic heterocycles. The molecule has 0 aliphatic carbocycles. The summed E-state index contributed by atoms with van der Waals surface area (Å²) in [4.78, 5) is -0.323. The van der Waals surface area contributed by atoms with Crippen molar-refractivity contribution >= 4 is 26.7 Å². The maximum absolute atomic E-state index is 12.1. The molecule has 2 aromatic carbocycles. The smallest absolute Gasteiger partial charge is 0.411 e. The van der Waals surface area contributed by atoms with Gasteiger partial charge in [0.05, 0.1) is 18.5 Å². The van der Waals surface area contributed by atoms with Gasteiger partial charge in [0.2, 0.25) is 0 Å². The van der Waals surface area contributed by atoms with Crippen LogP contribution in [0.1, 0.15) is 10.4 Å². The highest BCUT2D eigenvalue weighted by Gasteiger charge is 2.28. The van der Waals surface area contributed by atoms with Crippen molar-refractivity contribution in [1.29, 1.82) is 0 Å². The van der Waals surface area contributed by atoms with Gasteiger partial charge >= 0.3 is 6.18 Å². The monoisotopic (exact) mass is 362 g/mol. The van der Waals surface area contributed by atoms with Gasteiger partial charge in [-0.1, -0.05) is 46.3 Å². The molecule has 0 spiro atoms. The molecule has 21 heavy (non-hydrogen) atoms. The summed E-state index contributed by atoms with van der Waals surface area (Å²) in [6.45, 7) is -1.31. The molecular formula is C15H14BrF3O2. The van der Waals surface area contributed by atoms with Gasteiger partial charge < -0.3 is 9.47 Å². The normalized spacial score (nSPS) is 13.4. The highest BCUT2D eigenvalue weighted by atomic mass is 79.9. The van der Waals surface area contributed by atoms with Gasteiger partial charge in [-0.2, -0.15) is 13.2 Å². The predicted molar refractivity (Wildman–Crippen MR) is 79.0 cm³/mol. The summed E-state index contributed by atoms with van der Waals surface area (Å²) in [6, 6.07) is 11.2. The largest absolute Gasteiger partial charge is 0.496 e. The third-order valence-corrected chi connectivity index (χ3v) is 3.76. The van der Waals surface area contributed by atoms with Gasteiger partial charge in [-0.3, -0.25) is 0 Å². The molecule has 0 heterocycles. The molecule has 2 rings (SSSR count). The first-order valence-corrected chi connectivity index (χ1v) is 7.18. The van der Waals surface area contributed by atoms with Gasteiger partial charge in [-0.25, -0.2) is 0 Å². The minimum Gasteiger partial charge on any atom is -0.496 e. The van der Waals surface area contributed by atoms with E-state index in [9.17, 15) is 13.2 Å². The average Bonchev–Trinajstić information content (AvgIpc) is 2.44. The fourth-order valence-corrected chi connectivity index (χ4v) is 2.70. The molecule has 0 saturated carbocycles. The summed E-state index contributed by atoms with van der Waals surface area (Å²) < 4.78 is 46.3. The van der Waals surface area contributed by atoms with E-state index in [0.29, 0.717) is 0 Å². The number of alkyl halides is 4. The fourth-order valence-electron chi connectivity index (χ4n) is 2.11. The van der Waals surface area contributed by atoms with Crippen LogP contribution in [0.15, 0.2) is 36.4 Å². The van der Waals surface area contributed by atoms with E-state index < -0.39 is 12.8 Å². The zero-order chi connectivity index (χ0) is 15.5. The van der Waals surface area contributed by atoms with Gasteiger partial charge in [0, 0.05) is 5.39 Å². The molecule has 0 amide bonds. The van der Waals surface area contributed by atoms with Crippen LogP contribution in [0, 0.1) is 0 Å². The highest BCUT2D eigenvalue weighted by molar-refractivity contribution is 9.09. The van der Waals surface area contributed by atoms with Crippen LogP contribution in [-0.4, -0.2) is 26.5 Å². The molecule has 6 heteroatoms. The first kappa shape index (κ1) is 16.1. The Labute approximate surface area is 129 Å². The van der Waals surface area contributed by atoms with Gasteiger partial charge in [0.25, 0.3) is 0 Å². The SMILES string of the molecule is COc1ccc(C(Br)COCC(F)(F)F)c2ccccc12. The summed E-state index contributed by atoms with van der Waals surface area (Å²) >= 11 is 3.39. The molecule has 1 atom stereocenters. The van der Waals surface area contributed by atoms with Crippen molar-refractivity contribution in [3.8, 4) is 5.75 Å². The Morgan fingerprint density at radius 3 is 2.38 bits per heavy atom. The lowest BCUT2D eigenvalue weighted by Gasteiger charge is -2.16. The van der Waals surface area contributed by atoms with Crippen LogP contribution >= 0.6 is 15.9 Å². The maximum Gasteiger partial charge on any atom is 0.411 e. The van der Waals surface area contributed by atoms with Crippen LogP contribution in [0.3, 0.4) is 0 Å². The minimum atomic E-state index is -4.31. The average molecular weight is 363 g/mol. The van der Waals surface area contributed by atoms with Crippen molar-refractivity contribution in [3.05, 3.63) is 42.0 Å². The van der Waals surface area contributed by atoms with E-state index in [1.165, 1.54) is 0 Å². The number of rotatable bonds is 5. The summed E-state index contributed by atoms with van der Waals surface area (Å²) in [5.41, 5.74) is 0.869. The molecule has 1 unspecified atom stereocenters. The fraction of sp³-hybridized carbons (Fsp3) is 0.333. The van der Waals surface area contributed by atoms with Crippen LogP contribution in [-0.2, 0) is 4.74 Å². The van der Waals surface area contributed by atoms with E-state index in [1.54, 1.807) is 13.2 Å². The Hall–Kier alpha value is -1.27. The van der Waals surface area contributed by atoms with Crippen molar-refractivity contribution < 1.29 is 22.6 Å². The highest BCUT2D eigenvalue weighted by Crippen LogP contribution is 2.35. The summed E-state index contributed by atoms with van der Waals surface area (Å²) in [6.07, 6.45) is -4.31. The van der Waals surface area contributed by atoms with Crippen molar-refractivity contribution in [2.75, 3.05) is 20.3 Å². The minimum absolute atomic E-state index is 0.0597. The van der Waals surface area contributed by atoms with Crippen LogP contribution in [0.2, 0.25) is 0 Å². The van der Waals surface area contributed by atoms with E-state index in [4.69, 9.17) is 9.47 Å². The molecule has 114 valence electrons. The number of benzene rings is 2. The Morgan fingerprint density at radius 2 is 1.76 bits per heavy atom. The number of fused-ring (bicyclic) bond motifs is 1. The molecular weight excluding hydrogens is 349 g/mol. The van der Waals surface area contributed by atoms with E-state index in [0.717, 1.165) is 22.1 Å². The quantitative estimate of drug-likeness (QED) is 0.707. The zero-order valence-electron chi connectivity index (χ0n) is 11.3. The number of halogens is 4. The van der Waals surface area contributed by atoms with Crippen LogP contribution in [0.5, 0.6) is 5.75 Å². The molecule has 2 aromatic rings. The van der Waals surface area contributed by atoms with Crippen LogP contribution in [0.25, 0.3) is 10.8 Å². The lowest BCUT2D eigenvalue weighted by molar-refractivity contribution is -0.173. The van der Waals surface area contributed by atoms with Crippen molar-refractivity contribution in [3.63, 3.8) is 0 Å². The Balaban J connectivity index is 2.22. The van der Waals surface area contributed by atoms with Crippen molar-refractivity contribution in [2.45, 2.75) is 11.0 Å². The van der Waals surface area contributed by atoms with E-state index in [1.807, 2.05) is 30.3 Å². The van der Waals surface area contributed by atoms with Gasteiger partial charge in [0.1, 0.15) is 12.4 Å². The molecule has 0 N–H and O–H groups in total. The Kier molecular flexibility index (Phi) is 5.11. The topological polar surface area (TPSA) is 18.5 Å². The third-order valence-electron chi connectivity index (χ3n) is 3.01. The molecule has 0 aromatic heterocycles. The van der Waals surface area contributed by atoms with E-state index in [-0.39, 0.29) is 11.4 Å². The molecule has 2 nitrogen and oxygen atoms in total. The first-order valence-electron chi connectivity index (χ1n) is 6.26.